The molecule has 2 heterocycles. The molecule has 0 atom stereocenters. The summed E-state index contributed by atoms with van der Waals surface area (Å²) < 4.78 is 0. The molecule has 0 bridgehead atoms. The maximum absolute atomic E-state index is 11.6. The van der Waals surface area contributed by atoms with Crippen LogP contribution in [0.25, 0.3) is 0 Å². The first-order valence-electron chi connectivity index (χ1n) is 6.02. The van der Waals surface area contributed by atoms with Crippen molar-refractivity contribution in [3.8, 4) is 0 Å². The van der Waals surface area contributed by atoms with Gasteiger partial charge in [-0.1, -0.05) is 26.5 Å². The Hall–Kier alpha value is -1.64. The van der Waals surface area contributed by atoms with Gasteiger partial charge in [0.15, 0.2) is 0 Å². The molecule has 2 rings (SSSR count). The molecule has 0 spiro atoms. The number of fused-ring (bicyclic) bond motifs is 1. The minimum atomic E-state index is -0.00704. The van der Waals surface area contributed by atoms with Gasteiger partial charge >= 0.3 is 0 Å². The smallest absolute Gasteiger partial charge is 0.246 e. The first-order chi connectivity index (χ1) is 8.11. The molecule has 90 valence electrons. The molecule has 0 saturated carbocycles. The zero-order valence-corrected chi connectivity index (χ0v) is 10.4. The van der Waals surface area contributed by atoms with E-state index in [-0.39, 0.29) is 5.91 Å². The van der Waals surface area contributed by atoms with Gasteiger partial charge in [0, 0.05) is 12.2 Å². The highest BCUT2D eigenvalue weighted by Crippen LogP contribution is 2.20. The van der Waals surface area contributed by atoms with Crippen LogP contribution in [0.5, 0.6) is 0 Å². The Labute approximate surface area is 102 Å². The van der Waals surface area contributed by atoms with Gasteiger partial charge < -0.3 is 4.90 Å². The first kappa shape index (κ1) is 11.8. The highest BCUT2D eigenvalue weighted by molar-refractivity contribution is 5.87. The largest absolute Gasteiger partial charge is 0.333 e. The van der Waals surface area contributed by atoms with Crippen molar-refractivity contribution in [3.05, 3.63) is 41.7 Å². The first-order valence-corrected chi connectivity index (χ1v) is 6.02. The molecule has 0 fully saturated rings. The summed E-state index contributed by atoms with van der Waals surface area (Å²) in [6.07, 6.45) is 2.26. The van der Waals surface area contributed by atoms with Crippen LogP contribution < -0.4 is 0 Å². The number of carbonyl (C=O) groups is 1. The molecule has 1 amide bonds. The van der Waals surface area contributed by atoms with Crippen LogP contribution in [-0.4, -0.2) is 22.3 Å². The van der Waals surface area contributed by atoms with Crippen molar-refractivity contribution < 1.29 is 4.79 Å². The minimum absolute atomic E-state index is 0.00704. The maximum Gasteiger partial charge on any atom is 0.246 e. The molecule has 0 saturated heterocycles. The number of rotatable bonds is 2. The summed E-state index contributed by atoms with van der Waals surface area (Å²) in [6.45, 7) is 9.16. The van der Waals surface area contributed by atoms with Crippen LogP contribution in [0.1, 0.15) is 36.7 Å². The average Bonchev–Trinajstić information content (AvgIpc) is 2.36. The van der Waals surface area contributed by atoms with Crippen LogP contribution in [0.2, 0.25) is 0 Å². The fraction of sp³-hybridized carbons (Fsp3) is 0.429. The molecule has 0 unspecified atom stereocenters. The van der Waals surface area contributed by atoms with Crippen molar-refractivity contribution >= 4 is 5.91 Å². The third-order valence-electron chi connectivity index (χ3n) is 3.16. The molecule has 3 heteroatoms. The fourth-order valence-corrected chi connectivity index (χ4v) is 2.07. The van der Waals surface area contributed by atoms with Crippen LogP contribution in [-0.2, 0) is 17.8 Å². The summed E-state index contributed by atoms with van der Waals surface area (Å²) in [7, 11) is 0. The molecule has 17 heavy (non-hydrogen) atoms. The molecule has 0 radical (unpaired) electrons. The Morgan fingerprint density at radius 3 is 2.94 bits per heavy atom. The van der Waals surface area contributed by atoms with Gasteiger partial charge in [0.25, 0.3) is 0 Å². The van der Waals surface area contributed by atoms with Gasteiger partial charge in [-0.05, 0) is 30.0 Å². The zero-order valence-electron chi connectivity index (χ0n) is 10.4. The summed E-state index contributed by atoms with van der Waals surface area (Å²) in [5.41, 5.74) is 3.40. The van der Waals surface area contributed by atoms with Crippen molar-refractivity contribution in [3.63, 3.8) is 0 Å². The van der Waals surface area contributed by atoms with Crippen molar-refractivity contribution in [1.29, 1.82) is 0 Å². The van der Waals surface area contributed by atoms with Crippen LogP contribution in [0.4, 0.5) is 0 Å². The number of aromatic nitrogens is 1. The van der Waals surface area contributed by atoms with E-state index < -0.39 is 0 Å². The van der Waals surface area contributed by atoms with Gasteiger partial charge in [0.05, 0.1) is 12.2 Å². The maximum atomic E-state index is 11.6. The third kappa shape index (κ3) is 2.38. The Bertz CT molecular complexity index is 452. The van der Waals surface area contributed by atoms with Gasteiger partial charge in [-0.2, -0.15) is 0 Å². The SMILES string of the molecule is C=CC(=O)N1CCc2ccc(C(C)C)nc2C1. The highest BCUT2D eigenvalue weighted by atomic mass is 16.2. The molecule has 0 aliphatic carbocycles. The Morgan fingerprint density at radius 2 is 2.29 bits per heavy atom. The van der Waals surface area contributed by atoms with Gasteiger partial charge in [0.1, 0.15) is 0 Å². The molecule has 3 nitrogen and oxygen atoms in total. The van der Waals surface area contributed by atoms with E-state index in [1.807, 2.05) is 0 Å². The Kier molecular flexibility index (Phi) is 3.27. The molecule has 1 aromatic heterocycles. The van der Waals surface area contributed by atoms with E-state index in [0.29, 0.717) is 12.5 Å². The number of pyridine rings is 1. The quantitative estimate of drug-likeness (QED) is 0.730. The minimum Gasteiger partial charge on any atom is -0.333 e. The molecule has 1 aliphatic heterocycles. The number of hydrogen-bond acceptors (Lipinski definition) is 2. The van der Waals surface area contributed by atoms with E-state index in [1.165, 1.54) is 11.6 Å². The average molecular weight is 230 g/mol. The molecule has 0 N–H and O–H groups in total. The summed E-state index contributed by atoms with van der Waals surface area (Å²) in [5.74, 6) is 0.415. The predicted molar refractivity (Wildman–Crippen MR) is 67.6 cm³/mol. The van der Waals surface area contributed by atoms with E-state index in [1.54, 1.807) is 4.90 Å². The standard InChI is InChI=1S/C14H18N2O/c1-4-14(17)16-8-7-11-5-6-12(10(2)3)15-13(11)9-16/h4-6,10H,1,7-9H2,2-3H3. The molecule has 1 aromatic rings. The summed E-state index contributed by atoms with van der Waals surface area (Å²) in [4.78, 5) is 18.0. The van der Waals surface area contributed by atoms with E-state index in [2.05, 4.69) is 37.5 Å². The van der Waals surface area contributed by atoms with Crippen LogP contribution in [0.15, 0.2) is 24.8 Å². The summed E-state index contributed by atoms with van der Waals surface area (Å²) in [5, 5.41) is 0. The van der Waals surface area contributed by atoms with Gasteiger partial charge in [-0.25, -0.2) is 0 Å². The zero-order chi connectivity index (χ0) is 12.4. The van der Waals surface area contributed by atoms with Gasteiger partial charge in [-0.15, -0.1) is 0 Å². The van der Waals surface area contributed by atoms with Gasteiger partial charge in [0.2, 0.25) is 5.91 Å². The molecular formula is C14H18N2O. The lowest BCUT2D eigenvalue weighted by molar-refractivity contribution is -0.126. The second-order valence-corrected chi connectivity index (χ2v) is 4.71. The van der Waals surface area contributed by atoms with Crippen LogP contribution in [0, 0.1) is 0 Å². The van der Waals surface area contributed by atoms with Gasteiger partial charge in [-0.3, -0.25) is 9.78 Å². The van der Waals surface area contributed by atoms with Crippen LogP contribution >= 0.6 is 0 Å². The van der Waals surface area contributed by atoms with Crippen molar-refractivity contribution in [2.24, 2.45) is 0 Å². The highest BCUT2D eigenvalue weighted by Gasteiger charge is 2.20. The predicted octanol–water partition coefficient (Wildman–Crippen LogP) is 2.28. The summed E-state index contributed by atoms with van der Waals surface area (Å²) >= 11 is 0. The molecule has 0 aromatic carbocycles. The summed E-state index contributed by atoms with van der Waals surface area (Å²) in [6, 6.07) is 4.24. The van der Waals surface area contributed by atoms with Crippen LogP contribution in [0.3, 0.4) is 0 Å². The molecular weight excluding hydrogens is 212 g/mol. The lowest BCUT2D eigenvalue weighted by Gasteiger charge is -2.27. The normalized spacial score (nSPS) is 14.6. The van der Waals surface area contributed by atoms with E-state index in [9.17, 15) is 4.79 Å². The monoisotopic (exact) mass is 230 g/mol. The van der Waals surface area contributed by atoms with E-state index >= 15 is 0 Å². The van der Waals surface area contributed by atoms with Crippen molar-refractivity contribution in [2.45, 2.75) is 32.7 Å². The lowest BCUT2D eigenvalue weighted by Crippen LogP contribution is -2.35. The molecule has 1 aliphatic rings. The number of nitrogens with zero attached hydrogens (tertiary/aromatic N) is 2. The van der Waals surface area contributed by atoms with E-state index in [0.717, 1.165) is 24.4 Å². The third-order valence-corrected chi connectivity index (χ3v) is 3.16. The van der Waals surface area contributed by atoms with Crippen molar-refractivity contribution in [2.75, 3.05) is 6.54 Å². The number of amides is 1. The Balaban J connectivity index is 2.26. The number of hydrogen-bond donors (Lipinski definition) is 0. The topological polar surface area (TPSA) is 33.2 Å². The second-order valence-electron chi connectivity index (χ2n) is 4.71. The lowest BCUT2D eigenvalue weighted by atomic mass is 10.0. The van der Waals surface area contributed by atoms with E-state index in [4.69, 9.17) is 0 Å². The second kappa shape index (κ2) is 4.70. The van der Waals surface area contributed by atoms with Crippen molar-refractivity contribution in [1.82, 2.24) is 9.88 Å². The Morgan fingerprint density at radius 1 is 1.53 bits per heavy atom. The number of carbonyl (C=O) groups excluding carboxylic acids is 1. The fourth-order valence-electron chi connectivity index (χ4n) is 2.07.